The molecule has 1 aromatic carbocycles. The molecule has 3 rings (SSSR count). The molecule has 0 atom stereocenters. The van der Waals surface area contributed by atoms with Gasteiger partial charge in [-0.15, -0.1) is 0 Å². The number of amides is 1. The van der Waals surface area contributed by atoms with Crippen LogP contribution < -0.4 is 5.32 Å². The zero-order chi connectivity index (χ0) is 13.9. The van der Waals surface area contributed by atoms with E-state index in [0.29, 0.717) is 23.6 Å². The van der Waals surface area contributed by atoms with E-state index in [1.165, 1.54) is 0 Å². The SMILES string of the molecule is O=C(Nc1cccc(C2OCCO2)c1)c1ccc(Br)o1. The van der Waals surface area contributed by atoms with Crippen molar-refractivity contribution in [2.24, 2.45) is 0 Å². The summed E-state index contributed by atoms with van der Waals surface area (Å²) in [6.45, 7) is 1.17. The molecule has 1 aliphatic rings. The fraction of sp³-hybridized carbons (Fsp3) is 0.214. The number of benzene rings is 1. The molecule has 0 spiro atoms. The van der Waals surface area contributed by atoms with Gasteiger partial charge in [-0.25, -0.2) is 0 Å². The van der Waals surface area contributed by atoms with Gasteiger partial charge < -0.3 is 19.2 Å². The summed E-state index contributed by atoms with van der Waals surface area (Å²) in [5.41, 5.74) is 1.54. The van der Waals surface area contributed by atoms with E-state index in [2.05, 4.69) is 21.2 Å². The molecule has 2 aromatic rings. The topological polar surface area (TPSA) is 60.7 Å². The highest BCUT2D eigenvalue weighted by molar-refractivity contribution is 9.10. The van der Waals surface area contributed by atoms with Crippen LogP contribution in [0.2, 0.25) is 0 Å². The standard InChI is InChI=1S/C14H12BrNO4/c15-12-5-4-11(20-12)13(17)16-10-3-1-2-9(8-10)14-18-6-7-19-14/h1-5,8,14H,6-7H2,(H,16,17). The lowest BCUT2D eigenvalue weighted by atomic mass is 10.2. The first kappa shape index (κ1) is 13.4. The highest BCUT2D eigenvalue weighted by atomic mass is 79.9. The molecule has 0 aliphatic carbocycles. The second-order valence-electron chi connectivity index (χ2n) is 4.26. The van der Waals surface area contributed by atoms with Crippen LogP contribution in [0, 0.1) is 0 Å². The Morgan fingerprint density at radius 1 is 1.20 bits per heavy atom. The fourth-order valence-electron chi connectivity index (χ4n) is 1.94. The molecule has 1 amide bonds. The number of hydrogen-bond acceptors (Lipinski definition) is 4. The first-order valence-electron chi connectivity index (χ1n) is 6.12. The predicted octanol–water partition coefficient (Wildman–Crippen LogP) is 3.34. The molecule has 5 nitrogen and oxygen atoms in total. The predicted molar refractivity (Wildman–Crippen MR) is 75.4 cm³/mol. The summed E-state index contributed by atoms with van der Waals surface area (Å²) in [4.78, 5) is 12.0. The number of ether oxygens (including phenoxy) is 2. The number of carbonyl (C=O) groups excluding carboxylic acids is 1. The molecule has 0 radical (unpaired) electrons. The Kier molecular flexibility index (Phi) is 3.86. The van der Waals surface area contributed by atoms with E-state index >= 15 is 0 Å². The summed E-state index contributed by atoms with van der Waals surface area (Å²) in [6, 6.07) is 10.6. The van der Waals surface area contributed by atoms with Gasteiger partial charge in [0.15, 0.2) is 16.7 Å². The van der Waals surface area contributed by atoms with Crippen LogP contribution in [0.15, 0.2) is 45.5 Å². The third kappa shape index (κ3) is 2.92. The van der Waals surface area contributed by atoms with Gasteiger partial charge in [-0.3, -0.25) is 4.79 Å². The zero-order valence-corrected chi connectivity index (χ0v) is 12.1. The second kappa shape index (κ2) is 5.78. The summed E-state index contributed by atoms with van der Waals surface area (Å²) in [5.74, 6) is -0.0586. The molecule has 1 aromatic heterocycles. The van der Waals surface area contributed by atoms with Gasteiger partial charge in [0.05, 0.1) is 13.2 Å². The lowest BCUT2D eigenvalue weighted by molar-refractivity contribution is -0.0440. The molecule has 104 valence electrons. The molecule has 20 heavy (non-hydrogen) atoms. The summed E-state index contributed by atoms with van der Waals surface area (Å²) in [5, 5.41) is 2.77. The Morgan fingerprint density at radius 2 is 2.00 bits per heavy atom. The molecule has 0 saturated carbocycles. The Labute approximate surface area is 124 Å². The maximum absolute atomic E-state index is 12.0. The first-order chi connectivity index (χ1) is 9.72. The molecule has 6 heteroatoms. The molecule has 1 saturated heterocycles. The average molecular weight is 338 g/mol. The van der Waals surface area contributed by atoms with Crippen LogP contribution in [0.3, 0.4) is 0 Å². The minimum absolute atomic E-state index is 0.246. The monoisotopic (exact) mass is 337 g/mol. The van der Waals surface area contributed by atoms with Gasteiger partial charge in [0.1, 0.15) is 0 Å². The van der Waals surface area contributed by atoms with E-state index in [0.717, 1.165) is 5.56 Å². The van der Waals surface area contributed by atoms with E-state index < -0.39 is 0 Å². The van der Waals surface area contributed by atoms with Crippen LogP contribution in [0.25, 0.3) is 0 Å². The summed E-state index contributed by atoms with van der Waals surface area (Å²) >= 11 is 3.16. The van der Waals surface area contributed by atoms with Crippen LogP contribution in [-0.2, 0) is 9.47 Å². The minimum atomic E-state index is -0.357. The smallest absolute Gasteiger partial charge is 0.291 e. The molecule has 2 heterocycles. The molecule has 0 bridgehead atoms. The largest absolute Gasteiger partial charge is 0.444 e. The van der Waals surface area contributed by atoms with Crippen LogP contribution >= 0.6 is 15.9 Å². The van der Waals surface area contributed by atoms with E-state index in [9.17, 15) is 4.79 Å². The van der Waals surface area contributed by atoms with E-state index in [1.807, 2.05) is 18.2 Å². The van der Waals surface area contributed by atoms with Crippen molar-refractivity contribution in [3.05, 3.63) is 52.4 Å². The minimum Gasteiger partial charge on any atom is -0.444 e. The number of furan rings is 1. The van der Waals surface area contributed by atoms with E-state index in [4.69, 9.17) is 13.9 Å². The van der Waals surface area contributed by atoms with Crippen LogP contribution in [0.5, 0.6) is 0 Å². The van der Waals surface area contributed by atoms with Gasteiger partial charge in [0, 0.05) is 11.3 Å². The van der Waals surface area contributed by atoms with Crippen molar-refractivity contribution in [3.63, 3.8) is 0 Å². The van der Waals surface area contributed by atoms with Gasteiger partial charge in [-0.1, -0.05) is 12.1 Å². The maximum atomic E-state index is 12.0. The summed E-state index contributed by atoms with van der Waals surface area (Å²) in [7, 11) is 0. The molecular formula is C14H12BrNO4. The zero-order valence-electron chi connectivity index (χ0n) is 10.5. The summed E-state index contributed by atoms with van der Waals surface area (Å²) in [6.07, 6.45) is -0.357. The first-order valence-corrected chi connectivity index (χ1v) is 6.91. The van der Waals surface area contributed by atoms with Gasteiger partial charge >= 0.3 is 0 Å². The Bertz CT molecular complexity index is 619. The molecule has 1 aliphatic heterocycles. The Hall–Kier alpha value is -1.63. The number of nitrogens with one attached hydrogen (secondary N) is 1. The summed E-state index contributed by atoms with van der Waals surface area (Å²) < 4.78 is 16.6. The van der Waals surface area contributed by atoms with Gasteiger partial charge in [0.25, 0.3) is 5.91 Å². The van der Waals surface area contributed by atoms with E-state index in [1.54, 1.807) is 18.2 Å². The number of carbonyl (C=O) groups is 1. The third-order valence-electron chi connectivity index (χ3n) is 2.84. The van der Waals surface area contributed by atoms with Crippen molar-refractivity contribution in [3.8, 4) is 0 Å². The number of hydrogen-bond donors (Lipinski definition) is 1. The normalized spacial score (nSPS) is 15.4. The Morgan fingerprint density at radius 3 is 2.70 bits per heavy atom. The van der Waals surface area contributed by atoms with Gasteiger partial charge in [-0.05, 0) is 40.2 Å². The fourth-order valence-corrected chi connectivity index (χ4v) is 2.25. The van der Waals surface area contributed by atoms with Crippen molar-refractivity contribution < 1.29 is 18.7 Å². The number of rotatable bonds is 3. The second-order valence-corrected chi connectivity index (χ2v) is 5.04. The highest BCUT2D eigenvalue weighted by Crippen LogP contribution is 2.25. The molecular weight excluding hydrogens is 326 g/mol. The number of anilines is 1. The quantitative estimate of drug-likeness (QED) is 0.932. The molecule has 1 N–H and O–H groups in total. The molecule has 0 unspecified atom stereocenters. The van der Waals surface area contributed by atoms with Crippen molar-refractivity contribution in [2.45, 2.75) is 6.29 Å². The van der Waals surface area contributed by atoms with Crippen LogP contribution in [-0.4, -0.2) is 19.1 Å². The average Bonchev–Trinajstić information content (AvgIpc) is 3.10. The van der Waals surface area contributed by atoms with Crippen LogP contribution in [0.1, 0.15) is 22.4 Å². The third-order valence-corrected chi connectivity index (χ3v) is 3.26. The van der Waals surface area contributed by atoms with Gasteiger partial charge in [-0.2, -0.15) is 0 Å². The van der Waals surface area contributed by atoms with Crippen molar-refractivity contribution in [1.82, 2.24) is 0 Å². The van der Waals surface area contributed by atoms with Crippen molar-refractivity contribution >= 4 is 27.5 Å². The molecule has 1 fully saturated rings. The highest BCUT2D eigenvalue weighted by Gasteiger charge is 2.19. The van der Waals surface area contributed by atoms with Gasteiger partial charge in [0.2, 0.25) is 0 Å². The van der Waals surface area contributed by atoms with Crippen LogP contribution in [0.4, 0.5) is 5.69 Å². The van der Waals surface area contributed by atoms with E-state index in [-0.39, 0.29) is 18.0 Å². The maximum Gasteiger partial charge on any atom is 0.291 e. The Balaban J connectivity index is 1.74. The lowest BCUT2D eigenvalue weighted by Crippen LogP contribution is -2.11. The van der Waals surface area contributed by atoms with Crippen molar-refractivity contribution in [1.29, 1.82) is 0 Å². The number of halogens is 1. The van der Waals surface area contributed by atoms with Crippen molar-refractivity contribution in [2.75, 3.05) is 18.5 Å². The lowest BCUT2D eigenvalue weighted by Gasteiger charge is -2.11.